The zero-order chi connectivity index (χ0) is 15.5. The number of esters is 1. The Balaban J connectivity index is 2.40. The smallest absolute Gasteiger partial charge is 0.319 e. The van der Waals surface area contributed by atoms with Crippen molar-refractivity contribution in [2.24, 2.45) is 10.8 Å². The zero-order valence-corrected chi connectivity index (χ0v) is 13.2. The van der Waals surface area contributed by atoms with E-state index < -0.39 is 16.8 Å². The molecule has 0 atom stereocenters. The molecule has 0 bridgehead atoms. The molecule has 0 aromatic heterocycles. The molecule has 4 nitrogen and oxygen atoms in total. The Morgan fingerprint density at radius 2 is 1.19 bits per heavy atom. The number of rotatable bonds is 4. The summed E-state index contributed by atoms with van der Waals surface area (Å²) in [4.78, 5) is 38.0. The Morgan fingerprint density at radius 3 is 1.57 bits per heavy atom. The van der Waals surface area contributed by atoms with E-state index in [1.165, 1.54) is 14.0 Å². The maximum Gasteiger partial charge on any atom is 0.319 e. The molecule has 0 spiro atoms. The molecule has 118 valence electrons. The van der Waals surface area contributed by atoms with Gasteiger partial charge in [-0.2, -0.15) is 0 Å². The van der Waals surface area contributed by atoms with E-state index in [1.807, 2.05) is 0 Å². The van der Waals surface area contributed by atoms with Gasteiger partial charge in [-0.15, -0.1) is 0 Å². The van der Waals surface area contributed by atoms with Gasteiger partial charge in [-0.3, -0.25) is 14.4 Å². The van der Waals surface area contributed by atoms with Gasteiger partial charge in [0.15, 0.2) is 5.78 Å². The van der Waals surface area contributed by atoms with Crippen LogP contribution in [0.15, 0.2) is 0 Å². The Kier molecular flexibility index (Phi) is 4.84. The first kappa shape index (κ1) is 16.2. The average molecular weight is 294 g/mol. The summed E-state index contributed by atoms with van der Waals surface area (Å²) in [5, 5.41) is 0. The van der Waals surface area contributed by atoms with Gasteiger partial charge in [0.05, 0.1) is 12.5 Å². The van der Waals surface area contributed by atoms with E-state index in [0.29, 0.717) is 25.7 Å². The van der Waals surface area contributed by atoms with Crippen LogP contribution in [0.4, 0.5) is 0 Å². The topological polar surface area (TPSA) is 60.4 Å². The molecule has 0 N–H and O–H groups in total. The molecule has 0 aromatic carbocycles. The molecule has 2 saturated carbocycles. The normalized spacial score (nSPS) is 24.1. The third-order valence-electron chi connectivity index (χ3n) is 5.53. The minimum atomic E-state index is -1.07. The van der Waals surface area contributed by atoms with Crippen molar-refractivity contribution in [2.45, 2.75) is 71.1 Å². The highest BCUT2D eigenvalue weighted by Crippen LogP contribution is 2.48. The van der Waals surface area contributed by atoms with E-state index in [0.717, 1.165) is 38.5 Å². The van der Waals surface area contributed by atoms with Gasteiger partial charge in [-0.1, -0.05) is 38.5 Å². The quantitative estimate of drug-likeness (QED) is 0.590. The van der Waals surface area contributed by atoms with Crippen molar-refractivity contribution in [3.63, 3.8) is 0 Å². The molecule has 2 rings (SSSR count). The van der Waals surface area contributed by atoms with Gasteiger partial charge < -0.3 is 4.74 Å². The lowest BCUT2D eigenvalue weighted by Gasteiger charge is -2.42. The molecule has 0 unspecified atom stereocenters. The summed E-state index contributed by atoms with van der Waals surface area (Å²) in [5.74, 6) is -0.645. The van der Waals surface area contributed by atoms with Crippen molar-refractivity contribution < 1.29 is 19.1 Å². The molecular weight excluding hydrogens is 268 g/mol. The Labute approximate surface area is 126 Å². The van der Waals surface area contributed by atoms with Gasteiger partial charge in [0.2, 0.25) is 0 Å². The van der Waals surface area contributed by atoms with Crippen LogP contribution in [0.2, 0.25) is 0 Å². The summed E-state index contributed by atoms with van der Waals surface area (Å²) < 4.78 is 4.96. The van der Waals surface area contributed by atoms with Gasteiger partial charge in [0.25, 0.3) is 0 Å². The van der Waals surface area contributed by atoms with Gasteiger partial charge in [-0.25, -0.2) is 0 Å². The molecule has 0 saturated heterocycles. The number of ketones is 2. The minimum Gasteiger partial charge on any atom is -0.468 e. The predicted molar refractivity (Wildman–Crippen MR) is 78.7 cm³/mol. The first-order valence-corrected chi connectivity index (χ1v) is 8.14. The molecule has 0 radical (unpaired) electrons. The maximum absolute atomic E-state index is 13.3. The summed E-state index contributed by atoms with van der Waals surface area (Å²) in [6.45, 7) is 1.51. The lowest BCUT2D eigenvalue weighted by atomic mass is 9.58. The van der Waals surface area contributed by atoms with Crippen LogP contribution in [0.1, 0.15) is 71.1 Å². The Morgan fingerprint density at radius 1 is 0.762 bits per heavy atom. The SMILES string of the molecule is COC(=O)C1(C(=O)C2(C(C)=O)CCCCC2)CCCCC1. The number of ether oxygens (including phenoxy) is 1. The maximum atomic E-state index is 13.3. The van der Waals surface area contributed by atoms with Crippen LogP contribution in [0.25, 0.3) is 0 Å². The lowest BCUT2D eigenvalue weighted by molar-refractivity contribution is -0.166. The van der Waals surface area contributed by atoms with Crippen molar-refractivity contribution >= 4 is 17.5 Å². The third-order valence-corrected chi connectivity index (χ3v) is 5.53. The fraction of sp³-hybridized carbons (Fsp3) is 0.824. The van der Waals surface area contributed by atoms with Crippen LogP contribution >= 0.6 is 0 Å². The van der Waals surface area contributed by atoms with Gasteiger partial charge in [-0.05, 0) is 32.6 Å². The number of hydrogen-bond acceptors (Lipinski definition) is 4. The van der Waals surface area contributed by atoms with E-state index in [2.05, 4.69) is 0 Å². The van der Waals surface area contributed by atoms with Crippen LogP contribution in [-0.2, 0) is 19.1 Å². The van der Waals surface area contributed by atoms with Gasteiger partial charge >= 0.3 is 5.97 Å². The molecule has 2 aliphatic rings. The number of carbonyl (C=O) groups excluding carboxylic acids is 3. The zero-order valence-electron chi connectivity index (χ0n) is 13.2. The van der Waals surface area contributed by atoms with Crippen LogP contribution in [0.5, 0.6) is 0 Å². The fourth-order valence-electron chi connectivity index (χ4n) is 4.23. The second-order valence-corrected chi connectivity index (χ2v) is 6.66. The van der Waals surface area contributed by atoms with E-state index in [4.69, 9.17) is 4.74 Å². The van der Waals surface area contributed by atoms with E-state index in [-0.39, 0.29) is 11.6 Å². The molecule has 4 heteroatoms. The highest BCUT2D eigenvalue weighted by Gasteiger charge is 2.57. The van der Waals surface area contributed by atoms with Gasteiger partial charge in [0.1, 0.15) is 11.2 Å². The first-order chi connectivity index (χ1) is 9.99. The van der Waals surface area contributed by atoms with Crippen LogP contribution < -0.4 is 0 Å². The van der Waals surface area contributed by atoms with Crippen molar-refractivity contribution in [1.82, 2.24) is 0 Å². The van der Waals surface area contributed by atoms with Crippen LogP contribution in [0.3, 0.4) is 0 Å². The highest BCUT2D eigenvalue weighted by atomic mass is 16.5. The molecule has 0 aromatic rings. The second kappa shape index (κ2) is 6.29. The molecule has 0 heterocycles. The van der Waals surface area contributed by atoms with Crippen molar-refractivity contribution in [3.05, 3.63) is 0 Å². The molecule has 0 aliphatic heterocycles. The van der Waals surface area contributed by atoms with E-state index >= 15 is 0 Å². The molecular formula is C17H26O4. The lowest BCUT2D eigenvalue weighted by Crippen LogP contribution is -2.53. The Hall–Kier alpha value is -1.19. The summed E-state index contributed by atoms with van der Waals surface area (Å²) in [6, 6.07) is 0. The number of methoxy groups -OCH3 is 1. The van der Waals surface area contributed by atoms with Crippen molar-refractivity contribution in [1.29, 1.82) is 0 Å². The standard InChI is InChI=1S/C17H26O4/c1-13(18)16(9-5-3-6-10-16)14(19)17(15(20)21-2)11-7-4-8-12-17/h3-12H2,1-2H3. The highest BCUT2D eigenvalue weighted by molar-refractivity contribution is 6.15. The molecule has 21 heavy (non-hydrogen) atoms. The average Bonchev–Trinajstić information content (AvgIpc) is 2.54. The van der Waals surface area contributed by atoms with Crippen molar-refractivity contribution in [2.75, 3.05) is 7.11 Å². The fourth-order valence-corrected chi connectivity index (χ4v) is 4.23. The van der Waals surface area contributed by atoms with Crippen LogP contribution in [-0.4, -0.2) is 24.6 Å². The summed E-state index contributed by atoms with van der Waals surface area (Å²) in [6.07, 6.45) is 7.86. The largest absolute Gasteiger partial charge is 0.468 e. The summed E-state index contributed by atoms with van der Waals surface area (Å²) in [5.41, 5.74) is -2.01. The van der Waals surface area contributed by atoms with Crippen LogP contribution in [0, 0.1) is 10.8 Å². The number of hydrogen-bond donors (Lipinski definition) is 0. The Bertz CT molecular complexity index is 426. The summed E-state index contributed by atoms with van der Waals surface area (Å²) in [7, 11) is 1.34. The molecule has 0 amide bonds. The third kappa shape index (κ3) is 2.65. The second-order valence-electron chi connectivity index (χ2n) is 6.66. The number of Topliss-reactive ketones (excluding diaryl/α,β-unsaturated/α-hetero) is 2. The van der Waals surface area contributed by atoms with E-state index in [1.54, 1.807) is 0 Å². The predicted octanol–water partition coefficient (Wildman–Crippen LogP) is 3.22. The first-order valence-electron chi connectivity index (χ1n) is 8.14. The minimum absolute atomic E-state index is 0.0685. The monoisotopic (exact) mass is 294 g/mol. The van der Waals surface area contributed by atoms with E-state index in [9.17, 15) is 14.4 Å². The molecule has 2 aliphatic carbocycles. The van der Waals surface area contributed by atoms with Crippen molar-refractivity contribution in [3.8, 4) is 0 Å². The number of carbonyl (C=O) groups is 3. The molecule has 2 fully saturated rings. The van der Waals surface area contributed by atoms with Gasteiger partial charge in [0, 0.05) is 0 Å². The summed E-state index contributed by atoms with van der Waals surface area (Å²) >= 11 is 0.